The maximum Gasteiger partial charge on any atom is 0.306 e. The lowest BCUT2D eigenvalue weighted by atomic mass is 10.1. The first-order chi connectivity index (χ1) is 37.0. The van der Waals surface area contributed by atoms with Crippen LogP contribution in [0.3, 0.4) is 0 Å². The second kappa shape index (κ2) is 62.4. The van der Waals surface area contributed by atoms with Gasteiger partial charge in [-0.05, 0) is 128 Å². The van der Waals surface area contributed by atoms with Gasteiger partial charge in [0, 0.05) is 19.3 Å². The van der Waals surface area contributed by atoms with Gasteiger partial charge in [0.05, 0.1) is 0 Å². The molecular formula is C69H114O6. The van der Waals surface area contributed by atoms with Gasteiger partial charge in [-0.25, -0.2) is 0 Å². The number of carbonyl (C=O) groups is 3. The van der Waals surface area contributed by atoms with E-state index >= 15 is 0 Å². The van der Waals surface area contributed by atoms with E-state index in [2.05, 4.69) is 142 Å². The second-order valence-electron chi connectivity index (χ2n) is 20.2. The van der Waals surface area contributed by atoms with E-state index in [1.54, 1.807) is 0 Å². The average molecular weight is 1040 g/mol. The van der Waals surface area contributed by atoms with Gasteiger partial charge in [-0.1, -0.05) is 251 Å². The Kier molecular flexibility index (Phi) is 58.9. The van der Waals surface area contributed by atoms with E-state index in [0.717, 1.165) is 116 Å². The minimum Gasteiger partial charge on any atom is -0.462 e. The quantitative estimate of drug-likeness (QED) is 0.0261. The summed E-state index contributed by atoms with van der Waals surface area (Å²) in [5, 5.41) is 0. The topological polar surface area (TPSA) is 78.9 Å². The highest BCUT2D eigenvalue weighted by atomic mass is 16.6. The fourth-order valence-corrected chi connectivity index (χ4v) is 8.28. The van der Waals surface area contributed by atoms with Gasteiger partial charge in [-0.2, -0.15) is 0 Å². The number of carbonyl (C=O) groups excluding carboxylic acids is 3. The third-order valence-electron chi connectivity index (χ3n) is 12.9. The summed E-state index contributed by atoms with van der Waals surface area (Å²) in [7, 11) is 0. The molecule has 6 heteroatoms. The molecule has 0 aliphatic carbocycles. The van der Waals surface area contributed by atoms with Crippen LogP contribution >= 0.6 is 0 Å². The van der Waals surface area contributed by atoms with E-state index in [-0.39, 0.29) is 37.5 Å². The standard InChI is InChI=1S/C69H114O6/c1-4-7-10-13-16-19-22-25-28-30-32-33-34-35-37-38-41-44-47-50-53-56-59-62-68(71)74-65-66(64-73-67(70)61-58-55-52-49-46-43-40-27-24-21-18-15-12-9-6-3)75-69(72)63-60-57-54-51-48-45-42-39-36-31-29-26-23-20-17-14-11-8-5-2/h7,10,16,18-19,21,25-29,32-33,35,37,40-41,44,50,53,66H,4-6,8-9,11-15,17,20,22-24,30-31,34,36,38-39,42-43,45-49,51-52,54-65H2,1-3H3/b10-7-,19-16-,21-18-,28-25-,29-26-,33-32-,37-35-,40-27-,44-41-,53-50-. The molecule has 1 atom stereocenters. The van der Waals surface area contributed by atoms with E-state index in [1.165, 1.54) is 116 Å². The molecule has 0 saturated carbocycles. The maximum absolute atomic E-state index is 12.9. The van der Waals surface area contributed by atoms with Gasteiger partial charge >= 0.3 is 17.9 Å². The van der Waals surface area contributed by atoms with Crippen molar-refractivity contribution >= 4 is 17.9 Å². The zero-order chi connectivity index (χ0) is 54.3. The normalized spacial score (nSPS) is 12.9. The molecule has 1 unspecified atom stereocenters. The molecule has 0 N–H and O–H groups in total. The van der Waals surface area contributed by atoms with Crippen molar-refractivity contribution in [2.75, 3.05) is 13.2 Å². The second-order valence-corrected chi connectivity index (χ2v) is 20.2. The van der Waals surface area contributed by atoms with Gasteiger partial charge in [-0.3, -0.25) is 14.4 Å². The monoisotopic (exact) mass is 1040 g/mol. The van der Waals surface area contributed by atoms with Gasteiger partial charge < -0.3 is 14.2 Å². The van der Waals surface area contributed by atoms with E-state index in [0.29, 0.717) is 19.3 Å². The summed E-state index contributed by atoms with van der Waals surface area (Å²) in [5.41, 5.74) is 0. The van der Waals surface area contributed by atoms with Crippen molar-refractivity contribution in [1.82, 2.24) is 0 Å². The van der Waals surface area contributed by atoms with E-state index in [1.807, 2.05) is 0 Å². The molecule has 0 aliphatic heterocycles. The molecule has 0 aromatic carbocycles. The number of allylic oxidation sites excluding steroid dienone is 20. The summed E-state index contributed by atoms with van der Waals surface area (Å²) in [4.78, 5) is 38.3. The number of rotatable bonds is 55. The molecule has 0 bridgehead atoms. The van der Waals surface area contributed by atoms with Crippen molar-refractivity contribution in [2.45, 2.75) is 284 Å². The molecule has 0 aromatic heterocycles. The number of hydrogen-bond donors (Lipinski definition) is 0. The maximum atomic E-state index is 12.9. The Bertz CT molecular complexity index is 1570. The lowest BCUT2D eigenvalue weighted by Crippen LogP contribution is -2.30. The largest absolute Gasteiger partial charge is 0.462 e. The minimum atomic E-state index is -0.813. The van der Waals surface area contributed by atoms with E-state index < -0.39 is 6.10 Å². The molecule has 0 saturated heterocycles. The molecule has 0 spiro atoms. The number of unbranched alkanes of at least 4 members (excludes halogenated alkanes) is 24. The van der Waals surface area contributed by atoms with Crippen LogP contribution in [0.4, 0.5) is 0 Å². The smallest absolute Gasteiger partial charge is 0.306 e. The molecular weight excluding hydrogens is 925 g/mol. The van der Waals surface area contributed by atoms with Crippen LogP contribution in [0.5, 0.6) is 0 Å². The van der Waals surface area contributed by atoms with Gasteiger partial charge in [0.1, 0.15) is 13.2 Å². The first-order valence-electron chi connectivity index (χ1n) is 31.0. The van der Waals surface area contributed by atoms with Gasteiger partial charge in [0.25, 0.3) is 0 Å². The first-order valence-corrected chi connectivity index (χ1v) is 31.0. The predicted molar refractivity (Wildman–Crippen MR) is 325 cm³/mol. The van der Waals surface area contributed by atoms with Crippen LogP contribution in [0.2, 0.25) is 0 Å². The third-order valence-corrected chi connectivity index (χ3v) is 12.9. The molecule has 0 rings (SSSR count). The molecule has 426 valence electrons. The Hall–Kier alpha value is -4.19. The van der Waals surface area contributed by atoms with Crippen molar-refractivity contribution in [2.24, 2.45) is 0 Å². The summed E-state index contributed by atoms with van der Waals surface area (Å²) in [6.45, 7) is 6.44. The Balaban J connectivity index is 4.50. The van der Waals surface area contributed by atoms with E-state index in [4.69, 9.17) is 14.2 Å². The van der Waals surface area contributed by atoms with Crippen molar-refractivity contribution < 1.29 is 28.6 Å². The van der Waals surface area contributed by atoms with Crippen molar-refractivity contribution in [3.8, 4) is 0 Å². The fourth-order valence-electron chi connectivity index (χ4n) is 8.28. The zero-order valence-electron chi connectivity index (χ0n) is 48.8. The number of hydrogen-bond acceptors (Lipinski definition) is 6. The molecule has 75 heavy (non-hydrogen) atoms. The SMILES string of the molecule is CC/C=C\C/C=C\C/C=C\C/C=C\C/C=C\C/C=C\C/C=C\CCCC(=O)OCC(COC(=O)CCCCCCC/C=C\C/C=C\CCCCC)OC(=O)CCCCCCCCCCC/C=C\CCCCCCCC. The Labute approximate surface area is 462 Å². The summed E-state index contributed by atoms with van der Waals surface area (Å²) in [5.74, 6) is -0.980. The summed E-state index contributed by atoms with van der Waals surface area (Å²) in [6.07, 6.45) is 86.3. The van der Waals surface area contributed by atoms with Crippen LogP contribution < -0.4 is 0 Å². The highest BCUT2D eigenvalue weighted by Gasteiger charge is 2.19. The van der Waals surface area contributed by atoms with Gasteiger partial charge in [0.15, 0.2) is 6.10 Å². The summed E-state index contributed by atoms with van der Waals surface area (Å²) >= 11 is 0. The van der Waals surface area contributed by atoms with Crippen LogP contribution in [-0.4, -0.2) is 37.2 Å². The zero-order valence-corrected chi connectivity index (χ0v) is 48.8. The van der Waals surface area contributed by atoms with Crippen LogP contribution in [-0.2, 0) is 28.6 Å². The van der Waals surface area contributed by atoms with E-state index in [9.17, 15) is 14.4 Å². The number of ether oxygens (including phenoxy) is 3. The van der Waals surface area contributed by atoms with Gasteiger partial charge in [-0.15, -0.1) is 0 Å². The van der Waals surface area contributed by atoms with Gasteiger partial charge in [0.2, 0.25) is 0 Å². The molecule has 0 fully saturated rings. The highest BCUT2D eigenvalue weighted by Crippen LogP contribution is 2.15. The first kappa shape index (κ1) is 70.8. The highest BCUT2D eigenvalue weighted by molar-refractivity contribution is 5.71. The Morgan fingerprint density at radius 1 is 0.280 bits per heavy atom. The fraction of sp³-hybridized carbons (Fsp3) is 0.667. The van der Waals surface area contributed by atoms with Crippen molar-refractivity contribution in [3.63, 3.8) is 0 Å². The molecule has 0 aromatic rings. The number of esters is 3. The Morgan fingerprint density at radius 3 is 0.907 bits per heavy atom. The van der Waals surface area contributed by atoms with Crippen LogP contribution in [0.25, 0.3) is 0 Å². The predicted octanol–water partition coefficient (Wildman–Crippen LogP) is 21.2. The van der Waals surface area contributed by atoms with Crippen LogP contribution in [0.1, 0.15) is 278 Å². The average Bonchev–Trinajstić information content (AvgIpc) is 3.41. The summed E-state index contributed by atoms with van der Waals surface area (Å²) < 4.78 is 16.9. The Morgan fingerprint density at radius 2 is 0.533 bits per heavy atom. The molecule has 0 amide bonds. The van der Waals surface area contributed by atoms with Crippen molar-refractivity contribution in [1.29, 1.82) is 0 Å². The molecule has 0 aliphatic rings. The molecule has 0 radical (unpaired) electrons. The molecule has 0 heterocycles. The molecule has 6 nitrogen and oxygen atoms in total. The minimum absolute atomic E-state index is 0.106. The van der Waals surface area contributed by atoms with Crippen molar-refractivity contribution in [3.05, 3.63) is 122 Å². The van der Waals surface area contributed by atoms with Crippen LogP contribution in [0, 0.1) is 0 Å². The third kappa shape index (κ3) is 60.6. The summed E-state index contributed by atoms with van der Waals surface area (Å²) in [6, 6.07) is 0. The van der Waals surface area contributed by atoms with Crippen LogP contribution in [0.15, 0.2) is 122 Å². The lowest BCUT2D eigenvalue weighted by Gasteiger charge is -2.18. The lowest BCUT2D eigenvalue weighted by molar-refractivity contribution is -0.167.